The van der Waals surface area contributed by atoms with Gasteiger partial charge in [-0.15, -0.1) is 11.3 Å². The van der Waals surface area contributed by atoms with Crippen molar-refractivity contribution in [2.24, 2.45) is 0 Å². The van der Waals surface area contributed by atoms with Crippen LogP contribution in [-0.4, -0.2) is 11.8 Å². The molecular weight excluding hydrogens is 328 g/mol. The lowest BCUT2D eigenvalue weighted by molar-refractivity contribution is -0.114. The summed E-state index contributed by atoms with van der Waals surface area (Å²) in [6.07, 6.45) is 0. The fourth-order valence-corrected chi connectivity index (χ4v) is 2.93. The molecule has 0 fully saturated rings. The SMILES string of the molecule is CC(=O)Nc1ccc(NC(=O)c2sccc2Br)cc1. The van der Waals surface area contributed by atoms with E-state index in [2.05, 4.69) is 26.6 Å². The molecule has 0 aliphatic carbocycles. The number of benzene rings is 1. The highest BCUT2D eigenvalue weighted by molar-refractivity contribution is 9.10. The number of hydrogen-bond acceptors (Lipinski definition) is 3. The third-order valence-electron chi connectivity index (χ3n) is 2.29. The van der Waals surface area contributed by atoms with Crippen LogP contribution in [0.3, 0.4) is 0 Å². The van der Waals surface area contributed by atoms with Gasteiger partial charge in [0.2, 0.25) is 5.91 Å². The molecular formula is C13H11BrN2O2S. The van der Waals surface area contributed by atoms with Crippen LogP contribution in [0.5, 0.6) is 0 Å². The second-order valence-electron chi connectivity index (χ2n) is 3.81. The van der Waals surface area contributed by atoms with Crippen molar-refractivity contribution in [3.8, 4) is 0 Å². The molecule has 98 valence electrons. The lowest BCUT2D eigenvalue weighted by atomic mass is 10.2. The van der Waals surface area contributed by atoms with E-state index in [0.717, 1.165) is 4.47 Å². The van der Waals surface area contributed by atoms with E-state index in [4.69, 9.17) is 0 Å². The monoisotopic (exact) mass is 338 g/mol. The number of amides is 2. The van der Waals surface area contributed by atoms with Crippen molar-refractivity contribution in [1.82, 2.24) is 0 Å². The van der Waals surface area contributed by atoms with Crippen LogP contribution in [0.25, 0.3) is 0 Å². The molecule has 0 saturated heterocycles. The number of hydrogen-bond donors (Lipinski definition) is 2. The van der Waals surface area contributed by atoms with Crippen LogP contribution < -0.4 is 10.6 Å². The molecule has 0 bridgehead atoms. The van der Waals surface area contributed by atoms with Crippen LogP contribution in [0.2, 0.25) is 0 Å². The molecule has 4 nitrogen and oxygen atoms in total. The van der Waals surface area contributed by atoms with Gasteiger partial charge in [-0.2, -0.15) is 0 Å². The fourth-order valence-electron chi connectivity index (χ4n) is 1.48. The number of rotatable bonds is 3. The van der Waals surface area contributed by atoms with E-state index in [1.807, 2.05) is 11.4 Å². The van der Waals surface area contributed by atoms with Crippen molar-refractivity contribution in [1.29, 1.82) is 0 Å². The Balaban J connectivity index is 2.06. The highest BCUT2D eigenvalue weighted by Gasteiger charge is 2.11. The molecule has 0 radical (unpaired) electrons. The minimum absolute atomic E-state index is 0.126. The Morgan fingerprint density at radius 1 is 1.05 bits per heavy atom. The average Bonchev–Trinajstić information content (AvgIpc) is 2.77. The smallest absolute Gasteiger partial charge is 0.266 e. The van der Waals surface area contributed by atoms with Gasteiger partial charge in [0.25, 0.3) is 5.91 Å². The summed E-state index contributed by atoms with van der Waals surface area (Å²) in [5, 5.41) is 7.31. The van der Waals surface area contributed by atoms with Crippen molar-refractivity contribution < 1.29 is 9.59 Å². The maximum Gasteiger partial charge on any atom is 0.266 e. The van der Waals surface area contributed by atoms with E-state index in [1.54, 1.807) is 24.3 Å². The Bertz CT molecular complexity index is 607. The van der Waals surface area contributed by atoms with Crippen LogP contribution in [0, 0.1) is 0 Å². The molecule has 0 saturated carbocycles. The molecule has 0 unspecified atom stereocenters. The van der Waals surface area contributed by atoms with Gasteiger partial charge in [0, 0.05) is 22.8 Å². The number of anilines is 2. The van der Waals surface area contributed by atoms with Gasteiger partial charge in [-0.05, 0) is 51.6 Å². The second kappa shape index (κ2) is 5.99. The summed E-state index contributed by atoms with van der Waals surface area (Å²) in [5.74, 6) is -0.284. The highest BCUT2D eigenvalue weighted by Crippen LogP contribution is 2.24. The lowest BCUT2D eigenvalue weighted by Crippen LogP contribution is -2.11. The summed E-state index contributed by atoms with van der Waals surface area (Å²) >= 11 is 4.69. The summed E-state index contributed by atoms with van der Waals surface area (Å²) in [6, 6.07) is 8.79. The largest absolute Gasteiger partial charge is 0.326 e. The summed E-state index contributed by atoms with van der Waals surface area (Å²) in [5.41, 5.74) is 1.38. The standard InChI is InChI=1S/C13H11BrN2O2S/c1-8(17)15-9-2-4-10(5-3-9)16-13(18)12-11(14)6-7-19-12/h2-7H,1H3,(H,15,17)(H,16,18). The van der Waals surface area contributed by atoms with Crippen molar-refractivity contribution in [3.63, 3.8) is 0 Å². The Morgan fingerprint density at radius 2 is 1.63 bits per heavy atom. The van der Waals surface area contributed by atoms with Gasteiger partial charge >= 0.3 is 0 Å². The molecule has 2 N–H and O–H groups in total. The third-order valence-corrected chi connectivity index (χ3v) is 4.12. The molecule has 1 heterocycles. The fraction of sp³-hybridized carbons (Fsp3) is 0.0769. The molecule has 2 rings (SSSR count). The van der Waals surface area contributed by atoms with E-state index in [0.29, 0.717) is 16.3 Å². The Labute approximate surface area is 123 Å². The Kier molecular flexibility index (Phi) is 4.34. The molecule has 0 spiro atoms. The molecule has 1 aromatic heterocycles. The zero-order valence-corrected chi connectivity index (χ0v) is 12.5. The maximum atomic E-state index is 12.0. The lowest BCUT2D eigenvalue weighted by Gasteiger charge is -2.06. The predicted octanol–water partition coefficient (Wildman–Crippen LogP) is 3.72. The predicted molar refractivity (Wildman–Crippen MR) is 80.7 cm³/mol. The normalized spacial score (nSPS) is 10.0. The summed E-state index contributed by atoms with van der Waals surface area (Å²) in [6.45, 7) is 1.45. The van der Waals surface area contributed by atoms with Crippen molar-refractivity contribution in [3.05, 3.63) is 45.1 Å². The van der Waals surface area contributed by atoms with E-state index in [1.165, 1.54) is 18.3 Å². The number of nitrogens with one attached hydrogen (secondary N) is 2. The molecule has 19 heavy (non-hydrogen) atoms. The molecule has 1 aromatic carbocycles. The molecule has 2 amide bonds. The van der Waals surface area contributed by atoms with Gasteiger partial charge in [0.05, 0.1) is 0 Å². The highest BCUT2D eigenvalue weighted by atomic mass is 79.9. The average molecular weight is 339 g/mol. The van der Waals surface area contributed by atoms with Crippen molar-refractivity contribution >= 4 is 50.5 Å². The number of carbonyl (C=O) groups excluding carboxylic acids is 2. The number of thiophene rings is 1. The van der Waals surface area contributed by atoms with Gasteiger partial charge in [0.1, 0.15) is 4.88 Å². The van der Waals surface area contributed by atoms with Gasteiger partial charge < -0.3 is 10.6 Å². The van der Waals surface area contributed by atoms with Crippen LogP contribution >= 0.6 is 27.3 Å². The van der Waals surface area contributed by atoms with Gasteiger partial charge in [0.15, 0.2) is 0 Å². The van der Waals surface area contributed by atoms with Crippen LogP contribution in [-0.2, 0) is 4.79 Å². The summed E-state index contributed by atoms with van der Waals surface area (Å²) in [4.78, 5) is 23.5. The molecule has 0 aliphatic heterocycles. The van der Waals surface area contributed by atoms with E-state index >= 15 is 0 Å². The zero-order chi connectivity index (χ0) is 13.8. The van der Waals surface area contributed by atoms with E-state index in [9.17, 15) is 9.59 Å². The molecule has 0 aliphatic rings. The minimum Gasteiger partial charge on any atom is -0.326 e. The van der Waals surface area contributed by atoms with Crippen LogP contribution in [0.15, 0.2) is 40.2 Å². The van der Waals surface area contributed by atoms with Crippen LogP contribution in [0.1, 0.15) is 16.6 Å². The molecule has 6 heteroatoms. The van der Waals surface area contributed by atoms with E-state index < -0.39 is 0 Å². The third kappa shape index (κ3) is 3.65. The zero-order valence-electron chi connectivity index (χ0n) is 10.1. The quantitative estimate of drug-likeness (QED) is 0.895. The minimum atomic E-state index is -0.158. The summed E-state index contributed by atoms with van der Waals surface area (Å²) in [7, 11) is 0. The van der Waals surface area contributed by atoms with Crippen molar-refractivity contribution in [2.45, 2.75) is 6.92 Å². The van der Waals surface area contributed by atoms with Crippen molar-refractivity contribution in [2.75, 3.05) is 10.6 Å². The second-order valence-corrected chi connectivity index (χ2v) is 5.58. The van der Waals surface area contributed by atoms with Gasteiger partial charge in [-0.1, -0.05) is 0 Å². The topological polar surface area (TPSA) is 58.2 Å². The first-order valence-electron chi connectivity index (χ1n) is 5.48. The number of carbonyl (C=O) groups is 2. The maximum absolute atomic E-state index is 12.0. The molecule has 0 atom stereocenters. The Hall–Kier alpha value is -1.66. The first-order chi connectivity index (χ1) is 9.06. The first-order valence-corrected chi connectivity index (χ1v) is 7.15. The van der Waals surface area contributed by atoms with Gasteiger partial charge in [-0.25, -0.2) is 0 Å². The van der Waals surface area contributed by atoms with Crippen LogP contribution in [0.4, 0.5) is 11.4 Å². The Morgan fingerprint density at radius 3 is 2.11 bits per heavy atom. The number of halogens is 1. The molecule has 2 aromatic rings. The van der Waals surface area contributed by atoms with E-state index in [-0.39, 0.29) is 11.8 Å². The summed E-state index contributed by atoms with van der Waals surface area (Å²) < 4.78 is 0.782. The van der Waals surface area contributed by atoms with Gasteiger partial charge in [-0.3, -0.25) is 9.59 Å². The first kappa shape index (κ1) is 13.8.